The first-order chi connectivity index (χ1) is 20.5. The lowest BCUT2D eigenvalue weighted by molar-refractivity contribution is -0.147. The second-order valence-corrected chi connectivity index (χ2v) is 12.6. The fourth-order valence-corrected chi connectivity index (χ4v) is 6.67. The van der Waals surface area contributed by atoms with E-state index in [9.17, 15) is 9.90 Å². The Hall–Kier alpha value is -4.24. The molecule has 1 aliphatic heterocycles. The van der Waals surface area contributed by atoms with Crippen molar-refractivity contribution in [2.24, 2.45) is 19.5 Å². The molecule has 3 heterocycles. The number of fused-ring (bicyclic) bond motifs is 4. The molecule has 0 radical (unpaired) electrons. The van der Waals surface area contributed by atoms with Crippen LogP contribution in [0.25, 0.3) is 21.9 Å². The van der Waals surface area contributed by atoms with Crippen molar-refractivity contribution in [1.29, 1.82) is 0 Å². The minimum absolute atomic E-state index is 0.0652. The highest BCUT2D eigenvalue weighted by atomic mass is 16.5. The molecule has 2 atom stereocenters. The van der Waals surface area contributed by atoms with Crippen LogP contribution in [0.1, 0.15) is 66.5 Å². The van der Waals surface area contributed by atoms with Crippen LogP contribution in [0.5, 0.6) is 5.75 Å². The van der Waals surface area contributed by atoms with Crippen LogP contribution in [0.4, 0.5) is 0 Å². The molecule has 224 valence electrons. The third kappa shape index (κ3) is 4.95. The van der Waals surface area contributed by atoms with Gasteiger partial charge in [-0.1, -0.05) is 36.4 Å². The van der Waals surface area contributed by atoms with Crippen LogP contribution < -0.4 is 4.74 Å². The summed E-state index contributed by atoms with van der Waals surface area (Å²) in [4.78, 5) is 15.2. The van der Waals surface area contributed by atoms with Crippen molar-refractivity contribution in [3.05, 3.63) is 82.0 Å². The number of aromatic nitrogens is 5. The predicted octanol–water partition coefficient (Wildman–Crippen LogP) is 5.89. The minimum atomic E-state index is -1.07. The third-order valence-electron chi connectivity index (χ3n) is 9.32. The maximum atomic E-state index is 12.7. The molecule has 3 aromatic carbocycles. The van der Waals surface area contributed by atoms with Crippen molar-refractivity contribution in [2.45, 2.75) is 66.2 Å². The molecule has 9 heteroatoms. The molecule has 1 unspecified atom stereocenters. The second-order valence-electron chi connectivity index (χ2n) is 12.6. The van der Waals surface area contributed by atoms with E-state index in [1.807, 2.05) is 57.9 Å². The van der Waals surface area contributed by atoms with E-state index in [4.69, 9.17) is 4.74 Å². The van der Waals surface area contributed by atoms with E-state index >= 15 is 0 Å². The van der Waals surface area contributed by atoms with Crippen molar-refractivity contribution in [3.8, 4) is 5.75 Å². The zero-order chi connectivity index (χ0) is 30.6. The Labute approximate surface area is 252 Å². The first kappa shape index (κ1) is 28.9. The Morgan fingerprint density at radius 2 is 1.91 bits per heavy atom. The standard InChI is InChI=1S/C34H40N6O3/c1-8-25-18-40(19-27-29(43-25)14-11-23-16-35-39(7)32(23)27)17-24-15-22(10-9-20(24)2)30(34(4,5)33(41)42)26-12-13-28-31(21(26)3)36-37-38(28)6/h9-16,25,30H,8,17-19H2,1-7H3,(H,41,42)/t25-,30?/m1/s1. The molecule has 0 bridgehead atoms. The number of rotatable bonds is 7. The van der Waals surface area contributed by atoms with Gasteiger partial charge in [-0.25, -0.2) is 4.68 Å². The molecule has 0 saturated carbocycles. The van der Waals surface area contributed by atoms with Crippen molar-refractivity contribution in [2.75, 3.05) is 6.54 Å². The van der Waals surface area contributed by atoms with Gasteiger partial charge in [-0.3, -0.25) is 14.4 Å². The lowest BCUT2D eigenvalue weighted by atomic mass is 9.69. The van der Waals surface area contributed by atoms with Gasteiger partial charge in [0.2, 0.25) is 0 Å². The van der Waals surface area contributed by atoms with Crippen molar-refractivity contribution in [3.63, 3.8) is 0 Å². The summed E-state index contributed by atoms with van der Waals surface area (Å²) in [5.74, 6) is -0.305. The molecule has 0 saturated heterocycles. The lowest BCUT2D eigenvalue weighted by Crippen LogP contribution is -2.33. The van der Waals surface area contributed by atoms with Crippen molar-refractivity contribution in [1.82, 2.24) is 29.7 Å². The van der Waals surface area contributed by atoms with Crippen LogP contribution in [-0.2, 0) is 32.0 Å². The smallest absolute Gasteiger partial charge is 0.310 e. The maximum absolute atomic E-state index is 12.7. The molecule has 2 aromatic heterocycles. The molecule has 1 aliphatic rings. The largest absolute Gasteiger partial charge is 0.489 e. The van der Waals surface area contributed by atoms with Gasteiger partial charge in [0.1, 0.15) is 17.4 Å². The first-order valence-electron chi connectivity index (χ1n) is 14.9. The van der Waals surface area contributed by atoms with Crippen LogP contribution >= 0.6 is 0 Å². The van der Waals surface area contributed by atoms with Crippen LogP contribution in [0.15, 0.2) is 48.7 Å². The Morgan fingerprint density at radius 1 is 1.12 bits per heavy atom. The normalized spacial score (nSPS) is 16.7. The summed E-state index contributed by atoms with van der Waals surface area (Å²) in [5, 5.41) is 24.6. The zero-order valence-electron chi connectivity index (χ0n) is 26.0. The molecule has 0 amide bonds. The topological polar surface area (TPSA) is 98.3 Å². The van der Waals surface area contributed by atoms with Gasteiger partial charge in [-0.2, -0.15) is 5.10 Å². The van der Waals surface area contributed by atoms with Gasteiger partial charge < -0.3 is 9.84 Å². The molecule has 0 aliphatic carbocycles. The third-order valence-corrected chi connectivity index (χ3v) is 9.32. The van der Waals surface area contributed by atoms with Crippen molar-refractivity contribution >= 4 is 27.9 Å². The van der Waals surface area contributed by atoms with Gasteiger partial charge >= 0.3 is 5.97 Å². The number of aryl methyl sites for hydroxylation is 4. The summed E-state index contributed by atoms with van der Waals surface area (Å²) in [6.07, 6.45) is 2.87. The quantitative estimate of drug-likeness (QED) is 0.256. The number of hydrogen-bond acceptors (Lipinski definition) is 6. The average Bonchev–Trinajstić information content (AvgIpc) is 3.48. The molecular weight excluding hydrogens is 540 g/mol. The van der Waals surface area contributed by atoms with Gasteiger partial charge in [0, 0.05) is 50.6 Å². The first-order valence-corrected chi connectivity index (χ1v) is 14.9. The Balaban J connectivity index is 1.42. The Morgan fingerprint density at radius 3 is 2.65 bits per heavy atom. The Kier molecular flexibility index (Phi) is 7.24. The molecule has 1 N–H and O–H groups in total. The summed E-state index contributed by atoms with van der Waals surface area (Å²) in [5.41, 5.74) is 8.15. The lowest BCUT2D eigenvalue weighted by Gasteiger charge is -2.33. The molecular formula is C34H40N6O3. The number of carbonyl (C=O) groups is 1. The van der Waals surface area contributed by atoms with Gasteiger partial charge in [0.25, 0.3) is 0 Å². The average molecular weight is 581 g/mol. The number of benzene rings is 3. The molecule has 9 nitrogen and oxygen atoms in total. The highest BCUT2D eigenvalue weighted by molar-refractivity contribution is 5.84. The van der Waals surface area contributed by atoms with Crippen molar-refractivity contribution < 1.29 is 14.6 Å². The highest BCUT2D eigenvalue weighted by Crippen LogP contribution is 2.44. The molecule has 0 fully saturated rings. The van der Waals surface area contributed by atoms with Crippen LogP contribution in [-0.4, -0.2) is 53.4 Å². The SMILES string of the molecule is CC[C@@H]1CN(Cc2cc(C(c3ccc4c(nnn4C)c3C)C(C)(C)C(=O)O)ccc2C)Cc2c(ccc3cnn(C)c23)O1. The number of nitrogens with zero attached hydrogens (tertiary/aromatic N) is 6. The summed E-state index contributed by atoms with van der Waals surface area (Å²) < 4.78 is 10.2. The maximum Gasteiger partial charge on any atom is 0.310 e. The van der Waals surface area contributed by atoms with E-state index in [1.165, 1.54) is 11.1 Å². The molecule has 43 heavy (non-hydrogen) atoms. The van der Waals surface area contributed by atoms with Gasteiger partial charge in [0.05, 0.1) is 22.6 Å². The summed E-state index contributed by atoms with van der Waals surface area (Å²) in [6.45, 7) is 12.2. The number of carboxylic acids is 1. The molecule has 5 aromatic rings. The van der Waals surface area contributed by atoms with E-state index in [2.05, 4.69) is 64.5 Å². The van der Waals surface area contributed by atoms with Gasteiger partial charge in [-0.15, -0.1) is 5.10 Å². The predicted molar refractivity (Wildman–Crippen MR) is 167 cm³/mol. The van der Waals surface area contributed by atoms with Crippen LogP contribution in [0, 0.1) is 19.3 Å². The Bertz CT molecular complexity index is 1850. The summed E-state index contributed by atoms with van der Waals surface area (Å²) >= 11 is 0. The summed E-state index contributed by atoms with van der Waals surface area (Å²) in [7, 11) is 3.85. The van der Waals surface area contributed by atoms with Crippen LogP contribution in [0.3, 0.4) is 0 Å². The number of carboxylic acid groups (broad SMARTS) is 1. The zero-order valence-corrected chi connectivity index (χ0v) is 26.0. The number of ether oxygens (including phenoxy) is 1. The second kappa shape index (κ2) is 10.8. The van der Waals surface area contributed by atoms with Gasteiger partial charge in [0.15, 0.2) is 0 Å². The highest BCUT2D eigenvalue weighted by Gasteiger charge is 2.40. The van der Waals surface area contributed by atoms with Gasteiger partial charge in [-0.05, 0) is 80.1 Å². The molecule has 6 rings (SSSR count). The monoisotopic (exact) mass is 580 g/mol. The number of aliphatic carboxylic acids is 1. The van der Waals surface area contributed by atoms with E-state index in [1.54, 1.807) is 4.68 Å². The fourth-order valence-electron chi connectivity index (χ4n) is 6.67. The van der Waals surface area contributed by atoms with E-state index < -0.39 is 11.4 Å². The molecule has 0 spiro atoms. The van der Waals surface area contributed by atoms with E-state index in [0.29, 0.717) is 0 Å². The van der Waals surface area contributed by atoms with E-state index in [-0.39, 0.29) is 12.0 Å². The minimum Gasteiger partial charge on any atom is -0.489 e. The van der Waals surface area contributed by atoms with E-state index in [0.717, 1.165) is 76.0 Å². The fraction of sp³-hybridized carbons (Fsp3) is 0.412. The van der Waals surface area contributed by atoms with Crippen LogP contribution in [0.2, 0.25) is 0 Å². The number of hydrogen-bond donors (Lipinski definition) is 1. The summed E-state index contributed by atoms with van der Waals surface area (Å²) in [6, 6.07) is 14.6.